The lowest BCUT2D eigenvalue weighted by Gasteiger charge is -2.26. The Balaban J connectivity index is 2.00. The number of nitrogens with zero attached hydrogens (tertiary/aromatic N) is 2. The zero-order valence-electron chi connectivity index (χ0n) is 8.56. The summed E-state index contributed by atoms with van der Waals surface area (Å²) in [4.78, 5) is 11.4. The molecule has 6 heteroatoms. The second-order valence-electron chi connectivity index (χ2n) is 4.13. The lowest BCUT2D eigenvalue weighted by Crippen LogP contribution is -2.31. The fourth-order valence-corrected chi connectivity index (χ4v) is 2.00. The van der Waals surface area contributed by atoms with Gasteiger partial charge in [-0.2, -0.15) is 0 Å². The number of hydrogen-bond donors (Lipinski definition) is 2. The average molecular weight is 210 g/mol. The van der Waals surface area contributed by atoms with Crippen LogP contribution in [0.2, 0.25) is 0 Å². The van der Waals surface area contributed by atoms with E-state index < -0.39 is 0 Å². The van der Waals surface area contributed by atoms with Crippen LogP contribution in [0.4, 0.5) is 11.6 Å². The number of carbonyl (C=O) groups is 1. The number of hydrogen-bond acceptors (Lipinski definition) is 6. The molecule has 0 unspecified atom stereocenters. The summed E-state index contributed by atoms with van der Waals surface area (Å²) in [6.07, 6.45) is 2.14. The standard InChI is InChI=1S/C9H14N4O2/c1-5-2-6(4-7(14)3-5)11-9-8(10)12-15-13-9/h5-6H,2-4H2,1H3,(H2,10,12)(H,11,13)/t5-,6+/m0/s1. The van der Waals surface area contributed by atoms with Crippen molar-refractivity contribution in [2.75, 3.05) is 11.1 Å². The zero-order valence-corrected chi connectivity index (χ0v) is 8.56. The molecule has 1 saturated carbocycles. The molecule has 6 nitrogen and oxygen atoms in total. The molecule has 0 aliphatic heterocycles. The lowest BCUT2D eigenvalue weighted by molar-refractivity contribution is -0.121. The average Bonchev–Trinajstić information content (AvgIpc) is 2.50. The molecule has 0 radical (unpaired) electrons. The van der Waals surface area contributed by atoms with Crippen molar-refractivity contribution in [1.29, 1.82) is 0 Å². The van der Waals surface area contributed by atoms with Gasteiger partial charge in [0.25, 0.3) is 0 Å². The van der Waals surface area contributed by atoms with Gasteiger partial charge in [0.15, 0.2) is 0 Å². The molecule has 0 amide bonds. The highest BCUT2D eigenvalue weighted by molar-refractivity contribution is 5.80. The Bertz CT molecular complexity index is 363. The second kappa shape index (κ2) is 3.88. The van der Waals surface area contributed by atoms with E-state index in [4.69, 9.17) is 5.73 Å². The number of nitrogens with two attached hydrogens (primary N) is 1. The zero-order chi connectivity index (χ0) is 10.8. The number of anilines is 2. The van der Waals surface area contributed by atoms with Gasteiger partial charge in [0.2, 0.25) is 11.6 Å². The SMILES string of the molecule is C[C@@H]1CC(=O)C[C@H](Nc2nonc2N)C1. The van der Waals surface area contributed by atoms with Gasteiger partial charge in [-0.25, -0.2) is 4.63 Å². The normalized spacial score (nSPS) is 26.6. The number of aromatic nitrogens is 2. The van der Waals surface area contributed by atoms with Crippen molar-refractivity contribution in [3.8, 4) is 0 Å². The first-order valence-corrected chi connectivity index (χ1v) is 5.01. The van der Waals surface area contributed by atoms with E-state index in [1.165, 1.54) is 0 Å². The van der Waals surface area contributed by atoms with E-state index in [2.05, 4.69) is 27.2 Å². The topological polar surface area (TPSA) is 94.0 Å². The molecule has 1 aromatic rings. The Morgan fingerprint density at radius 3 is 2.87 bits per heavy atom. The number of Topliss-reactive ketones (excluding diaryl/α,β-unsaturated/α-hetero) is 1. The van der Waals surface area contributed by atoms with Crippen molar-refractivity contribution < 1.29 is 9.42 Å². The predicted octanol–water partition coefficient (Wildman–Crippen LogP) is 0.821. The molecule has 2 atom stereocenters. The minimum absolute atomic E-state index is 0.0930. The van der Waals surface area contributed by atoms with Crippen LogP contribution in [-0.2, 0) is 4.79 Å². The van der Waals surface area contributed by atoms with Crippen LogP contribution in [0.25, 0.3) is 0 Å². The molecular weight excluding hydrogens is 196 g/mol. The van der Waals surface area contributed by atoms with Crippen LogP contribution in [0.15, 0.2) is 4.63 Å². The molecule has 1 heterocycles. The van der Waals surface area contributed by atoms with E-state index in [0.29, 0.717) is 24.6 Å². The Morgan fingerprint density at radius 1 is 1.47 bits per heavy atom. The largest absolute Gasteiger partial charge is 0.378 e. The summed E-state index contributed by atoms with van der Waals surface area (Å²) in [5.41, 5.74) is 5.51. The monoisotopic (exact) mass is 210 g/mol. The van der Waals surface area contributed by atoms with Crippen LogP contribution >= 0.6 is 0 Å². The van der Waals surface area contributed by atoms with Gasteiger partial charge >= 0.3 is 0 Å². The molecule has 0 saturated heterocycles. The molecule has 1 aromatic heterocycles. The molecule has 15 heavy (non-hydrogen) atoms. The first kappa shape index (κ1) is 9.95. The van der Waals surface area contributed by atoms with E-state index in [9.17, 15) is 4.79 Å². The van der Waals surface area contributed by atoms with Crippen LogP contribution in [0, 0.1) is 5.92 Å². The Labute approximate surface area is 87.2 Å². The smallest absolute Gasteiger partial charge is 0.215 e. The third-order valence-electron chi connectivity index (χ3n) is 2.59. The Morgan fingerprint density at radius 2 is 2.27 bits per heavy atom. The maximum absolute atomic E-state index is 11.4. The molecule has 2 rings (SSSR count). The molecule has 82 valence electrons. The van der Waals surface area contributed by atoms with Crippen molar-refractivity contribution >= 4 is 17.4 Å². The van der Waals surface area contributed by atoms with Gasteiger partial charge in [-0.15, -0.1) is 0 Å². The van der Waals surface area contributed by atoms with E-state index >= 15 is 0 Å². The van der Waals surface area contributed by atoms with E-state index in [1.807, 2.05) is 0 Å². The molecule has 1 fully saturated rings. The maximum atomic E-state index is 11.4. The molecular formula is C9H14N4O2. The number of ketones is 1. The summed E-state index contributed by atoms with van der Waals surface area (Å²) in [7, 11) is 0. The molecule has 0 bridgehead atoms. The number of rotatable bonds is 2. The van der Waals surface area contributed by atoms with E-state index in [1.54, 1.807) is 0 Å². The number of carbonyl (C=O) groups excluding carboxylic acids is 1. The highest BCUT2D eigenvalue weighted by atomic mass is 16.6. The second-order valence-corrected chi connectivity index (χ2v) is 4.13. The molecule has 1 aliphatic rings. The number of nitrogen functional groups attached to an aromatic ring is 1. The van der Waals surface area contributed by atoms with Gasteiger partial charge in [0.1, 0.15) is 5.78 Å². The van der Waals surface area contributed by atoms with Crippen molar-refractivity contribution in [3.05, 3.63) is 0 Å². The predicted molar refractivity (Wildman–Crippen MR) is 54.1 cm³/mol. The van der Waals surface area contributed by atoms with Crippen molar-refractivity contribution in [2.45, 2.75) is 32.2 Å². The van der Waals surface area contributed by atoms with Gasteiger partial charge in [-0.05, 0) is 22.7 Å². The van der Waals surface area contributed by atoms with Crippen LogP contribution in [0.5, 0.6) is 0 Å². The van der Waals surface area contributed by atoms with Crippen LogP contribution in [0.1, 0.15) is 26.2 Å². The fourth-order valence-electron chi connectivity index (χ4n) is 2.00. The van der Waals surface area contributed by atoms with Crippen LogP contribution in [0.3, 0.4) is 0 Å². The van der Waals surface area contributed by atoms with Crippen molar-refractivity contribution in [2.24, 2.45) is 5.92 Å². The summed E-state index contributed by atoms with van der Waals surface area (Å²) in [6.45, 7) is 2.07. The molecule has 0 aromatic carbocycles. The summed E-state index contributed by atoms with van der Waals surface area (Å²) < 4.78 is 4.47. The summed E-state index contributed by atoms with van der Waals surface area (Å²) in [5, 5.41) is 10.2. The third kappa shape index (κ3) is 2.26. The fraction of sp³-hybridized carbons (Fsp3) is 0.667. The van der Waals surface area contributed by atoms with Crippen LogP contribution in [-0.4, -0.2) is 22.1 Å². The van der Waals surface area contributed by atoms with Crippen LogP contribution < -0.4 is 11.1 Å². The van der Waals surface area contributed by atoms with Gasteiger partial charge in [0, 0.05) is 18.9 Å². The number of nitrogens with one attached hydrogen (secondary N) is 1. The summed E-state index contributed by atoms with van der Waals surface area (Å²) in [6, 6.07) is 0.0930. The molecule has 1 aliphatic carbocycles. The van der Waals surface area contributed by atoms with Crippen molar-refractivity contribution in [3.63, 3.8) is 0 Å². The van der Waals surface area contributed by atoms with E-state index in [0.717, 1.165) is 6.42 Å². The molecule has 3 N–H and O–H groups in total. The van der Waals surface area contributed by atoms with Crippen molar-refractivity contribution in [1.82, 2.24) is 10.3 Å². The highest BCUT2D eigenvalue weighted by Gasteiger charge is 2.25. The van der Waals surface area contributed by atoms with Gasteiger partial charge in [-0.3, -0.25) is 4.79 Å². The highest BCUT2D eigenvalue weighted by Crippen LogP contribution is 2.24. The summed E-state index contributed by atoms with van der Waals surface area (Å²) >= 11 is 0. The quantitative estimate of drug-likeness (QED) is 0.750. The Kier molecular flexibility index (Phi) is 2.57. The Hall–Kier alpha value is -1.59. The van der Waals surface area contributed by atoms with Gasteiger partial charge in [0.05, 0.1) is 0 Å². The molecule has 0 spiro atoms. The van der Waals surface area contributed by atoms with Gasteiger partial charge in [-0.1, -0.05) is 6.92 Å². The maximum Gasteiger partial charge on any atom is 0.215 e. The lowest BCUT2D eigenvalue weighted by atomic mass is 9.86. The van der Waals surface area contributed by atoms with E-state index in [-0.39, 0.29) is 17.6 Å². The third-order valence-corrected chi connectivity index (χ3v) is 2.59. The first-order valence-electron chi connectivity index (χ1n) is 5.01. The first-order chi connectivity index (χ1) is 7.15. The minimum Gasteiger partial charge on any atom is -0.378 e. The minimum atomic E-state index is 0.0930. The van der Waals surface area contributed by atoms with Gasteiger partial charge < -0.3 is 11.1 Å². The summed E-state index contributed by atoms with van der Waals surface area (Å²) in [5.74, 6) is 1.36.